The van der Waals surface area contributed by atoms with Crippen molar-refractivity contribution in [2.24, 2.45) is 10.8 Å². The summed E-state index contributed by atoms with van der Waals surface area (Å²) in [7, 11) is 0. The summed E-state index contributed by atoms with van der Waals surface area (Å²) < 4.78 is 0. The summed E-state index contributed by atoms with van der Waals surface area (Å²) in [6.07, 6.45) is 5.86. The monoisotopic (exact) mass is 404 g/mol. The molecule has 1 aliphatic rings. The Labute approximate surface area is 174 Å². The van der Waals surface area contributed by atoms with Gasteiger partial charge in [0.05, 0.1) is 5.54 Å². The van der Waals surface area contributed by atoms with Crippen molar-refractivity contribution >= 4 is 23.9 Å². The Kier molecular flexibility index (Phi) is 6.65. The molecule has 2 N–H and O–H groups in total. The summed E-state index contributed by atoms with van der Waals surface area (Å²) in [5.74, 6) is 0. The largest absolute Gasteiger partial charge is 0.325 e. The molecule has 1 aromatic rings. The quantitative estimate of drug-likeness (QED) is 0.569. The summed E-state index contributed by atoms with van der Waals surface area (Å²) in [5.41, 5.74) is 2.37. The van der Waals surface area contributed by atoms with Crippen LogP contribution < -0.4 is 10.6 Å². The Hall–Kier alpha value is -1.81. The lowest BCUT2D eigenvalue weighted by molar-refractivity contribution is -0.108. The van der Waals surface area contributed by atoms with Crippen LogP contribution in [0.1, 0.15) is 71.9 Å². The van der Waals surface area contributed by atoms with Gasteiger partial charge in [0.15, 0.2) is 0 Å². The van der Waals surface area contributed by atoms with Crippen LogP contribution in [0.2, 0.25) is 5.02 Å². The van der Waals surface area contributed by atoms with Crippen LogP contribution in [0.4, 0.5) is 4.79 Å². The van der Waals surface area contributed by atoms with E-state index in [-0.39, 0.29) is 16.9 Å². The lowest BCUT2D eigenvalue weighted by Gasteiger charge is -2.44. The first-order chi connectivity index (χ1) is 12.9. The number of aldehydes is 1. The number of hydrogen-bond acceptors (Lipinski definition) is 2. The first kappa shape index (κ1) is 22.5. The summed E-state index contributed by atoms with van der Waals surface area (Å²) in [5, 5.41) is 6.57. The van der Waals surface area contributed by atoms with E-state index in [4.69, 9.17) is 11.6 Å². The molecule has 5 heteroatoms. The van der Waals surface area contributed by atoms with Crippen molar-refractivity contribution in [1.29, 1.82) is 0 Å². The second-order valence-electron chi connectivity index (χ2n) is 9.74. The molecule has 1 aliphatic heterocycles. The highest BCUT2D eigenvalue weighted by Gasteiger charge is 2.42. The molecule has 0 saturated heterocycles. The average molecular weight is 405 g/mol. The predicted molar refractivity (Wildman–Crippen MR) is 115 cm³/mol. The molecule has 2 rings (SSSR count). The first-order valence-electron chi connectivity index (χ1n) is 9.91. The van der Waals surface area contributed by atoms with Gasteiger partial charge in [0.25, 0.3) is 0 Å². The van der Waals surface area contributed by atoms with Crippen molar-refractivity contribution in [3.63, 3.8) is 0 Å². The number of carbonyl (C=O) groups excluding carboxylic acids is 2. The Bertz CT molecular complexity index is 777. The van der Waals surface area contributed by atoms with Crippen molar-refractivity contribution in [2.75, 3.05) is 0 Å². The zero-order chi connectivity index (χ0) is 21.2. The fourth-order valence-corrected chi connectivity index (χ4v) is 4.11. The molecule has 0 saturated carbocycles. The van der Waals surface area contributed by atoms with Crippen LogP contribution in [0, 0.1) is 10.8 Å². The van der Waals surface area contributed by atoms with Gasteiger partial charge in [-0.1, -0.05) is 58.4 Å². The topological polar surface area (TPSA) is 58.2 Å². The Morgan fingerprint density at radius 3 is 2.39 bits per heavy atom. The van der Waals surface area contributed by atoms with Crippen molar-refractivity contribution in [2.45, 2.75) is 72.8 Å². The highest BCUT2D eigenvalue weighted by Crippen LogP contribution is 2.44. The van der Waals surface area contributed by atoms with Gasteiger partial charge in [-0.25, -0.2) is 4.79 Å². The van der Waals surface area contributed by atoms with Crippen LogP contribution in [0.25, 0.3) is 0 Å². The summed E-state index contributed by atoms with van der Waals surface area (Å²) in [6, 6.07) is 5.85. The van der Waals surface area contributed by atoms with Crippen molar-refractivity contribution in [3.8, 4) is 0 Å². The fourth-order valence-electron chi connectivity index (χ4n) is 3.84. The van der Waals surface area contributed by atoms with E-state index in [0.717, 1.165) is 40.9 Å². The standard InChI is InChI=1S/C23H33ClN2O2/c1-21(2,3)12-10-16-8-9-17(14-18(16)24)23(6)19(15-25-20(28)26-23)22(4,5)11-7-13-27/h8-9,13-15H,7,10-12H2,1-6H3,(H2,25,26,28). The third-order valence-corrected chi connectivity index (χ3v) is 5.99. The van der Waals surface area contributed by atoms with Gasteiger partial charge in [0, 0.05) is 17.6 Å². The molecule has 1 unspecified atom stereocenters. The van der Waals surface area contributed by atoms with Gasteiger partial charge in [0.2, 0.25) is 0 Å². The smallest absolute Gasteiger partial charge is 0.319 e. The number of amides is 2. The van der Waals surface area contributed by atoms with E-state index in [1.165, 1.54) is 0 Å². The molecule has 1 aromatic carbocycles. The van der Waals surface area contributed by atoms with E-state index in [9.17, 15) is 9.59 Å². The molecule has 1 heterocycles. The third kappa shape index (κ3) is 5.16. The van der Waals surface area contributed by atoms with Gasteiger partial charge in [-0.2, -0.15) is 0 Å². The second-order valence-corrected chi connectivity index (χ2v) is 10.1. The van der Waals surface area contributed by atoms with Gasteiger partial charge in [0.1, 0.15) is 6.29 Å². The van der Waals surface area contributed by atoms with E-state index >= 15 is 0 Å². The number of rotatable bonds is 7. The highest BCUT2D eigenvalue weighted by molar-refractivity contribution is 6.31. The van der Waals surface area contributed by atoms with Crippen LogP contribution in [-0.4, -0.2) is 12.3 Å². The molecule has 0 aromatic heterocycles. The number of nitrogens with one attached hydrogen (secondary N) is 2. The lowest BCUT2D eigenvalue weighted by Crippen LogP contribution is -2.55. The molecular weight excluding hydrogens is 372 g/mol. The molecule has 0 bridgehead atoms. The van der Waals surface area contributed by atoms with Crippen molar-refractivity contribution < 1.29 is 9.59 Å². The lowest BCUT2D eigenvalue weighted by atomic mass is 9.68. The summed E-state index contributed by atoms with van der Waals surface area (Å²) in [6.45, 7) is 12.9. The number of aryl methyl sites for hydroxylation is 1. The second kappa shape index (κ2) is 8.28. The maximum absolute atomic E-state index is 12.1. The molecule has 0 spiro atoms. The van der Waals surface area contributed by atoms with E-state index in [1.807, 2.05) is 13.0 Å². The average Bonchev–Trinajstić information content (AvgIpc) is 2.57. The van der Waals surface area contributed by atoms with Crippen LogP contribution in [0.5, 0.6) is 0 Å². The molecule has 2 amide bonds. The molecule has 4 nitrogen and oxygen atoms in total. The Morgan fingerprint density at radius 2 is 1.82 bits per heavy atom. The summed E-state index contributed by atoms with van der Waals surface area (Å²) >= 11 is 6.63. The minimum atomic E-state index is -0.694. The SMILES string of the molecule is CC(C)(C)CCc1ccc(C2(C)NC(=O)NC=C2C(C)(C)CCC=O)cc1Cl. The number of halogens is 1. The molecule has 0 aliphatic carbocycles. The van der Waals surface area contributed by atoms with Crippen molar-refractivity contribution in [3.05, 3.63) is 46.1 Å². The van der Waals surface area contributed by atoms with Crippen molar-refractivity contribution in [1.82, 2.24) is 10.6 Å². The number of urea groups is 1. The normalized spacial score (nSPS) is 20.2. The molecule has 154 valence electrons. The maximum Gasteiger partial charge on any atom is 0.319 e. The molecule has 0 fully saturated rings. The van der Waals surface area contributed by atoms with E-state index in [1.54, 1.807) is 6.20 Å². The number of benzene rings is 1. The maximum atomic E-state index is 12.1. The molecular formula is C23H33ClN2O2. The fraction of sp³-hybridized carbons (Fsp3) is 0.565. The van der Waals surface area contributed by atoms with Gasteiger partial charge < -0.3 is 15.4 Å². The minimum Gasteiger partial charge on any atom is -0.325 e. The van der Waals surface area contributed by atoms with Crippen LogP contribution in [-0.2, 0) is 16.8 Å². The first-order valence-corrected chi connectivity index (χ1v) is 10.3. The van der Waals surface area contributed by atoms with E-state index in [2.05, 4.69) is 57.4 Å². The Balaban J connectivity index is 2.40. The summed E-state index contributed by atoms with van der Waals surface area (Å²) in [4.78, 5) is 23.1. The van der Waals surface area contributed by atoms with Gasteiger partial charge in [-0.15, -0.1) is 0 Å². The van der Waals surface area contributed by atoms with Gasteiger partial charge >= 0.3 is 6.03 Å². The van der Waals surface area contributed by atoms with Gasteiger partial charge in [-0.05, 0) is 59.8 Å². The van der Waals surface area contributed by atoms with Gasteiger partial charge in [-0.3, -0.25) is 0 Å². The van der Waals surface area contributed by atoms with E-state index in [0.29, 0.717) is 12.8 Å². The molecule has 28 heavy (non-hydrogen) atoms. The van der Waals surface area contributed by atoms with E-state index < -0.39 is 5.54 Å². The third-order valence-electron chi connectivity index (χ3n) is 5.64. The predicted octanol–water partition coefficient (Wildman–Crippen LogP) is 5.74. The highest BCUT2D eigenvalue weighted by atomic mass is 35.5. The Morgan fingerprint density at radius 1 is 1.14 bits per heavy atom. The molecule has 1 atom stereocenters. The van der Waals surface area contributed by atoms with Crippen LogP contribution >= 0.6 is 11.6 Å². The van der Waals surface area contributed by atoms with Crippen LogP contribution in [0.3, 0.4) is 0 Å². The zero-order valence-corrected chi connectivity index (χ0v) is 18.7. The number of carbonyl (C=O) groups is 2. The zero-order valence-electron chi connectivity index (χ0n) is 17.9. The van der Waals surface area contributed by atoms with Crippen LogP contribution in [0.15, 0.2) is 30.0 Å². The minimum absolute atomic E-state index is 0.245. The molecule has 0 radical (unpaired) electrons. The number of hydrogen-bond donors (Lipinski definition) is 2.